The fraction of sp³-hybridized carbons (Fsp3) is 0.444. The van der Waals surface area contributed by atoms with Gasteiger partial charge in [0, 0.05) is 6.04 Å². The number of furan rings is 1. The molecule has 0 radical (unpaired) electrons. The van der Waals surface area contributed by atoms with E-state index < -0.39 is 16.7 Å². The van der Waals surface area contributed by atoms with Crippen molar-refractivity contribution in [1.29, 1.82) is 0 Å². The first-order valence-corrected chi connectivity index (χ1v) is 4.59. The highest BCUT2D eigenvalue weighted by Crippen LogP contribution is 2.15. The maximum Gasteiger partial charge on any atom is 0.433 e. The van der Waals surface area contributed by atoms with E-state index in [0.717, 1.165) is 12.5 Å². The van der Waals surface area contributed by atoms with Crippen molar-refractivity contribution < 1.29 is 14.1 Å². The van der Waals surface area contributed by atoms with Gasteiger partial charge in [0.05, 0.1) is 6.07 Å². The number of carbonyl (C=O) groups is 1. The maximum atomic E-state index is 11.4. The molecule has 0 fully saturated rings. The quantitative estimate of drug-likeness (QED) is 0.608. The van der Waals surface area contributed by atoms with E-state index in [4.69, 9.17) is 4.42 Å². The summed E-state index contributed by atoms with van der Waals surface area (Å²) in [6, 6.07) is 2.46. The minimum Gasteiger partial charge on any atom is -0.395 e. The van der Waals surface area contributed by atoms with Gasteiger partial charge in [-0.05, 0) is 19.4 Å². The van der Waals surface area contributed by atoms with Crippen LogP contribution in [-0.4, -0.2) is 16.9 Å². The molecule has 0 bridgehead atoms. The maximum absolute atomic E-state index is 11.4. The molecule has 1 aromatic heterocycles. The van der Waals surface area contributed by atoms with Gasteiger partial charge in [0.2, 0.25) is 0 Å². The van der Waals surface area contributed by atoms with Crippen molar-refractivity contribution in [2.45, 2.75) is 26.3 Å². The molecule has 1 aromatic rings. The lowest BCUT2D eigenvalue weighted by Crippen LogP contribution is -2.31. The summed E-state index contributed by atoms with van der Waals surface area (Å²) in [4.78, 5) is 21.0. The predicted octanol–water partition coefficient (Wildman–Crippen LogP) is 1.72. The zero-order chi connectivity index (χ0) is 11.4. The third-order valence-corrected chi connectivity index (χ3v) is 1.99. The van der Waals surface area contributed by atoms with Gasteiger partial charge in [-0.1, -0.05) is 6.92 Å². The fourth-order valence-electron chi connectivity index (χ4n) is 0.945. The molecular formula is C9H12N2O4. The second-order valence-electron chi connectivity index (χ2n) is 3.18. The Morgan fingerprint density at radius 1 is 1.67 bits per heavy atom. The third kappa shape index (κ3) is 2.80. The number of nitro groups is 1. The van der Waals surface area contributed by atoms with Gasteiger partial charge in [-0.15, -0.1) is 0 Å². The fourth-order valence-corrected chi connectivity index (χ4v) is 0.945. The number of hydrogen-bond acceptors (Lipinski definition) is 4. The van der Waals surface area contributed by atoms with E-state index in [-0.39, 0.29) is 11.8 Å². The molecule has 0 unspecified atom stereocenters. The highest BCUT2D eigenvalue weighted by atomic mass is 16.6. The Hall–Kier alpha value is -1.85. The Bertz CT molecular complexity index is 372. The molecule has 0 aliphatic carbocycles. The number of carbonyl (C=O) groups excluding carboxylic acids is 1. The first-order valence-electron chi connectivity index (χ1n) is 4.59. The van der Waals surface area contributed by atoms with Crippen LogP contribution in [0.2, 0.25) is 0 Å². The van der Waals surface area contributed by atoms with Crippen LogP contribution in [0, 0.1) is 10.1 Å². The normalized spacial score (nSPS) is 12.1. The number of rotatable bonds is 4. The molecule has 0 aliphatic heterocycles. The minimum atomic E-state index is -0.681. The van der Waals surface area contributed by atoms with Crippen molar-refractivity contribution in [3.8, 4) is 0 Å². The van der Waals surface area contributed by atoms with E-state index in [2.05, 4.69) is 5.32 Å². The Kier molecular flexibility index (Phi) is 3.43. The van der Waals surface area contributed by atoms with Crippen LogP contribution >= 0.6 is 0 Å². The van der Waals surface area contributed by atoms with Crippen LogP contribution in [-0.2, 0) is 0 Å². The van der Waals surface area contributed by atoms with Crippen LogP contribution < -0.4 is 5.32 Å². The van der Waals surface area contributed by atoms with Gasteiger partial charge in [-0.25, -0.2) is 0 Å². The van der Waals surface area contributed by atoms with Crippen molar-refractivity contribution in [1.82, 2.24) is 5.32 Å². The molecule has 15 heavy (non-hydrogen) atoms. The molecule has 1 heterocycles. The lowest BCUT2D eigenvalue weighted by atomic mass is 10.2. The summed E-state index contributed by atoms with van der Waals surface area (Å²) >= 11 is 0. The average molecular weight is 212 g/mol. The number of nitrogens with zero attached hydrogens (tertiary/aromatic N) is 1. The van der Waals surface area contributed by atoms with Crippen LogP contribution in [0.1, 0.15) is 30.8 Å². The number of amides is 1. The lowest BCUT2D eigenvalue weighted by Gasteiger charge is -2.08. The van der Waals surface area contributed by atoms with Crippen molar-refractivity contribution in [2.24, 2.45) is 0 Å². The first-order chi connectivity index (χ1) is 7.04. The van der Waals surface area contributed by atoms with Gasteiger partial charge in [0.1, 0.15) is 4.92 Å². The Morgan fingerprint density at radius 3 is 2.80 bits per heavy atom. The van der Waals surface area contributed by atoms with Crippen LogP contribution in [0.4, 0.5) is 5.88 Å². The average Bonchev–Trinajstić information content (AvgIpc) is 2.66. The zero-order valence-electron chi connectivity index (χ0n) is 8.52. The van der Waals surface area contributed by atoms with Crippen molar-refractivity contribution in [3.05, 3.63) is 28.0 Å². The van der Waals surface area contributed by atoms with Gasteiger partial charge in [0.15, 0.2) is 5.76 Å². The van der Waals surface area contributed by atoms with E-state index in [1.54, 1.807) is 0 Å². The van der Waals surface area contributed by atoms with Crippen molar-refractivity contribution >= 4 is 11.8 Å². The predicted molar refractivity (Wildman–Crippen MR) is 52.6 cm³/mol. The summed E-state index contributed by atoms with van der Waals surface area (Å²) in [5.41, 5.74) is 0. The van der Waals surface area contributed by atoms with Crippen molar-refractivity contribution in [3.63, 3.8) is 0 Å². The zero-order valence-corrected chi connectivity index (χ0v) is 8.52. The number of hydrogen-bond donors (Lipinski definition) is 1. The second kappa shape index (κ2) is 4.59. The topological polar surface area (TPSA) is 85.4 Å². The summed E-state index contributed by atoms with van der Waals surface area (Å²) in [5, 5.41) is 12.9. The smallest absolute Gasteiger partial charge is 0.395 e. The van der Waals surface area contributed by atoms with E-state index in [1.165, 1.54) is 6.07 Å². The minimum absolute atomic E-state index is 0.0154. The van der Waals surface area contributed by atoms with Gasteiger partial charge in [-0.2, -0.15) is 0 Å². The Morgan fingerprint density at radius 2 is 2.33 bits per heavy atom. The monoisotopic (exact) mass is 212 g/mol. The molecule has 6 nitrogen and oxygen atoms in total. The molecule has 0 saturated carbocycles. The summed E-state index contributed by atoms with van der Waals surface area (Å²) in [6.07, 6.45) is 0.786. The van der Waals surface area contributed by atoms with Gasteiger partial charge >= 0.3 is 5.88 Å². The van der Waals surface area contributed by atoms with Gasteiger partial charge in [0.25, 0.3) is 5.91 Å². The summed E-state index contributed by atoms with van der Waals surface area (Å²) in [5.74, 6) is -0.899. The molecule has 0 spiro atoms. The molecule has 6 heteroatoms. The van der Waals surface area contributed by atoms with Crippen LogP contribution in [0.5, 0.6) is 0 Å². The molecule has 1 atom stereocenters. The van der Waals surface area contributed by atoms with Gasteiger partial charge in [-0.3, -0.25) is 14.9 Å². The van der Waals surface area contributed by atoms with Crippen LogP contribution in [0.25, 0.3) is 0 Å². The lowest BCUT2D eigenvalue weighted by molar-refractivity contribution is -0.402. The van der Waals surface area contributed by atoms with E-state index >= 15 is 0 Å². The highest BCUT2D eigenvalue weighted by molar-refractivity contribution is 5.91. The SMILES string of the molecule is CC[C@@H](C)NC(=O)c1ccc([N+](=O)[O-])o1. The molecule has 0 aliphatic rings. The molecule has 1 amide bonds. The summed E-state index contributed by atoms with van der Waals surface area (Å²) < 4.78 is 4.74. The molecular weight excluding hydrogens is 200 g/mol. The molecule has 0 aromatic carbocycles. The van der Waals surface area contributed by atoms with E-state index in [9.17, 15) is 14.9 Å². The summed E-state index contributed by atoms with van der Waals surface area (Å²) in [7, 11) is 0. The molecule has 1 rings (SSSR count). The third-order valence-electron chi connectivity index (χ3n) is 1.99. The first kappa shape index (κ1) is 11.2. The van der Waals surface area contributed by atoms with E-state index in [0.29, 0.717) is 0 Å². The summed E-state index contributed by atoms with van der Waals surface area (Å²) in [6.45, 7) is 3.77. The standard InChI is InChI=1S/C9H12N2O4/c1-3-6(2)10-9(12)7-4-5-8(15-7)11(13)14/h4-6H,3H2,1-2H3,(H,10,12)/t6-/m1/s1. The molecule has 0 saturated heterocycles. The second-order valence-corrected chi connectivity index (χ2v) is 3.18. The molecule has 1 N–H and O–H groups in total. The van der Waals surface area contributed by atoms with E-state index in [1.807, 2.05) is 13.8 Å². The Balaban J connectivity index is 2.70. The van der Waals surface area contributed by atoms with Crippen molar-refractivity contribution in [2.75, 3.05) is 0 Å². The number of nitrogens with one attached hydrogen (secondary N) is 1. The molecule has 82 valence electrons. The van der Waals surface area contributed by atoms with Gasteiger partial charge < -0.3 is 9.73 Å². The largest absolute Gasteiger partial charge is 0.433 e. The highest BCUT2D eigenvalue weighted by Gasteiger charge is 2.17. The Labute approximate surface area is 86.4 Å². The van der Waals surface area contributed by atoms with Crippen LogP contribution in [0.3, 0.4) is 0 Å². The van der Waals surface area contributed by atoms with Crippen LogP contribution in [0.15, 0.2) is 16.5 Å².